The second-order valence-electron chi connectivity index (χ2n) is 5.34. The van der Waals surface area contributed by atoms with Crippen molar-refractivity contribution in [3.63, 3.8) is 0 Å². The van der Waals surface area contributed by atoms with E-state index in [1.165, 1.54) is 0 Å². The van der Waals surface area contributed by atoms with Crippen LogP contribution in [-0.2, 0) is 0 Å². The number of benzene rings is 2. The van der Waals surface area contributed by atoms with Crippen molar-refractivity contribution in [1.29, 1.82) is 0 Å². The number of nitrogens with zero attached hydrogens (tertiary/aromatic N) is 2. The molecule has 1 aromatic heterocycles. The first-order chi connectivity index (χ1) is 12.0. The maximum Gasteiger partial charge on any atom is 0.272 e. The quantitative estimate of drug-likeness (QED) is 0.559. The van der Waals surface area contributed by atoms with E-state index in [4.69, 9.17) is 0 Å². The number of rotatable bonds is 4. The van der Waals surface area contributed by atoms with Crippen LogP contribution in [0.5, 0.6) is 0 Å². The second kappa shape index (κ2) is 6.52. The number of carbonyl (C=O) groups excluding carboxylic acids is 1. The molecular formula is C17H13FN4O3. The van der Waals surface area contributed by atoms with E-state index in [0.717, 1.165) is 23.9 Å². The molecule has 0 atom stereocenters. The number of nitrogens with one attached hydrogen (secondary N) is 2. The number of aromatic amines is 1. The van der Waals surface area contributed by atoms with E-state index >= 15 is 0 Å². The zero-order valence-corrected chi connectivity index (χ0v) is 13.1. The molecule has 0 bridgehead atoms. The molecule has 1 heterocycles. The fourth-order valence-electron chi connectivity index (χ4n) is 2.34. The Labute approximate surface area is 141 Å². The lowest BCUT2D eigenvalue weighted by atomic mass is 10.1. The van der Waals surface area contributed by atoms with Gasteiger partial charge in [-0.05, 0) is 25.1 Å². The molecule has 3 aromatic rings. The summed E-state index contributed by atoms with van der Waals surface area (Å²) in [6.07, 6.45) is 1.66. The van der Waals surface area contributed by atoms with Gasteiger partial charge in [-0.1, -0.05) is 12.1 Å². The molecule has 8 heteroatoms. The van der Waals surface area contributed by atoms with E-state index in [1.807, 2.05) is 6.92 Å². The Morgan fingerprint density at radius 3 is 2.68 bits per heavy atom. The minimum Gasteiger partial charge on any atom is -0.342 e. The van der Waals surface area contributed by atoms with Crippen molar-refractivity contribution in [2.75, 3.05) is 5.32 Å². The molecule has 0 saturated carbocycles. The van der Waals surface area contributed by atoms with Crippen LogP contribution in [0.2, 0.25) is 0 Å². The van der Waals surface area contributed by atoms with Crippen LogP contribution in [0.3, 0.4) is 0 Å². The lowest BCUT2D eigenvalue weighted by Gasteiger charge is -2.10. The zero-order valence-electron chi connectivity index (χ0n) is 13.1. The van der Waals surface area contributed by atoms with E-state index in [0.29, 0.717) is 17.1 Å². The van der Waals surface area contributed by atoms with Gasteiger partial charge in [0.2, 0.25) is 0 Å². The summed E-state index contributed by atoms with van der Waals surface area (Å²) >= 11 is 0. The summed E-state index contributed by atoms with van der Waals surface area (Å²) in [4.78, 5) is 29.6. The molecule has 7 nitrogen and oxygen atoms in total. The number of aryl methyl sites for hydroxylation is 1. The van der Waals surface area contributed by atoms with Crippen LogP contribution in [0.15, 0.2) is 48.7 Å². The predicted molar refractivity (Wildman–Crippen MR) is 89.8 cm³/mol. The first-order valence-corrected chi connectivity index (χ1v) is 7.32. The molecule has 0 spiro atoms. The number of hydrogen-bond donors (Lipinski definition) is 2. The van der Waals surface area contributed by atoms with Crippen molar-refractivity contribution in [3.05, 3.63) is 75.9 Å². The van der Waals surface area contributed by atoms with Gasteiger partial charge in [0.15, 0.2) is 0 Å². The van der Waals surface area contributed by atoms with Gasteiger partial charge in [0, 0.05) is 23.5 Å². The SMILES string of the molecule is Cc1cnc(-c2ccccc2NC(=O)c2ccc([N+](=O)[O-])cc2F)[nH]1. The van der Waals surface area contributed by atoms with E-state index in [2.05, 4.69) is 15.3 Å². The summed E-state index contributed by atoms with van der Waals surface area (Å²) in [5.74, 6) is -1.10. The third-order valence-corrected chi connectivity index (χ3v) is 3.54. The second-order valence-corrected chi connectivity index (χ2v) is 5.34. The molecular weight excluding hydrogens is 327 g/mol. The van der Waals surface area contributed by atoms with E-state index < -0.39 is 22.3 Å². The number of para-hydroxylation sites is 1. The van der Waals surface area contributed by atoms with Crippen LogP contribution < -0.4 is 5.32 Å². The highest BCUT2D eigenvalue weighted by molar-refractivity contribution is 6.06. The van der Waals surface area contributed by atoms with Crippen molar-refractivity contribution in [3.8, 4) is 11.4 Å². The molecule has 0 saturated heterocycles. The molecule has 126 valence electrons. The number of non-ortho nitro benzene ring substituents is 1. The smallest absolute Gasteiger partial charge is 0.272 e. The first-order valence-electron chi connectivity index (χ1n) is 7.32. The summed E-state index contributed by atoms with van der Waals surface area (Å²) in [5, 5.41) is 13.3. The van der Waals surface area contributed by atoms with Crippen LogP contribution in [0.1, 0.15) is 16.1 Å². The molecule has 0 radical (unpaired) electrons. The van der Waals surface area contributed by atoms with Gasteiger partial charge in [0.25, 0.3) is 11.6 Å². The monoisotopic (exact) mass is 340 g/mol. The van der Waals surface area contributed by atoms with Crippen molar-refractivity contribution < 1.29 is 14.1 Å². The number of halogens is 1. The van der Waals surface area contributed by atoms with Gasteiger partial charge in [-0.2, -0.15) is 0 Å². The highest BCUT2D eigenvalue weighted by atomic mass is 19.1. The molecule has 0 aliphatic carbocycles. The van der Waals surface area contributed by atoms with E-state index in [9.17, 15) is 19.3 Å². The number of nitro benzene ring substituents is 1. The van der Waals surface area contributed by atoms with Gasteiger partial charge in [-0.15, -0.1) is 0 Å². The Bertz CT molecular complexity index is 968. The lowest BCUT2D eigenvalue weighted by molar-refractivity contribution is -0.385. The number of H-pyrrole nitrogens is 1. The number of aromatic nitrogens is 2. The van der Waals surface area contributed by atoms with Gasteiger partial charge in [0.1, 0.15) is 11.6 Å². The van der Waals surface area contributed by atoms with Gasteiger partial charge < -0.3 is 10.3 Å². The van der Waals surface area contributed by atoms with Crippen molar-refractivity contribution >= 4 is 17.3 Å². The number of imidazole rings is 1. The summed E-state index contributed by atoms with van der Waals surface area (Å²) < 4.78 is 14.0. The maximum absolute atomic E-state index is 14.0. The summed E-state index contributed by atoms with van der Waals surface area (Å²) in [6, 6.07) is 9.82. The van der Waals surface area contributed by atoms with E-state index in [1.54, 1.807) is 30.5 Å². The predicted octanol–water partition coefficient (Wildman–Crippen LogP) is 3.68. The molecule has 3 rings (SSSR count). The minimum absolute atomic E-state index is 0.281. The summed E-state index contributed by atoms with van der Waals surface area (Å²) in [5.41, 5.74) is 1.25. The van der Waals surface area contributed by atoms with Crippen LogP contribution in [0.4, 0.5) is 15.8 Å². The highest BCUT2D eigenvalue weighted by Gasteiger charge is 2.18. The lowest BCUT2D eigenvalue weighted by Crippen LogP contribution is -2.14. The Morgan fingerprint density at radius 2 is 2.04 bits per heavy atom. The first kappa shape index (κ1) is 16.3. The third kappa shape index (κ3) is 3.37. The fraction of sp³-hybridized carbons (Fsp3) is 0.0588. The number of anilines is 1. The summed E-state index contributed by atoms with van der Waals surface area (Å²) in [6.45, 7) is 1.85. The molecule has 2 aromatic carbocycles. The Balaban J connectivity index is 1.91. The van der Waals surface area contributed by atoms with Crippen LogP contribution in [0.25, 0.3) is 11.4 Å². The molecule has 1 amide bonds. The number of amides is 1. The molecule has 2 N–H and O–H groups in total. The number of nitro groups is 1. The minimum atomic E-state index is -0.960. The van der Waals surface area contributed by atoms with Crippen LogP contribution >= 0.6 is 0 Å². The topological polar surface area (TPSA) is 101 Å². The largest absolute Gasteiger partial charge is 0.342 e. The van der Waals surface area contributed by atoms with Crippen molar-refractivity contribution in [2.24, 2.45) is 0 Å². The Morgan fingerprint density at radius 1 is 1.28 bits per heavy atom. The van der Waals surface area contributed by atoms with Gasteiger partial charge >= 0.3 is 0 Å². The van der Waals surface area contributed by atoms with Crippen molar-refractivity contribution in [2.45, 2.75) is 6.92 Å². The average molecular weight is 340 g/mol. The van der Waals surface area contributed by atoms with Crippen LogP contribution in [-0.4, -0.2) is 20.8 Å². The normalized spacial score (nSPS) is 10.5. The maximum atomic E-state index is 14.0. The van der Waals surface area contributed by atoms with Gasteiger partial charge in [-0.3, -0.25) is 14.9 Å². The number of hydrogen-bond acceptors (Lipinski definition) is 4. The van der Waals surface area contributed by atoms with Crippen LogP contribution in [0, 0.1) is 22.9 Å². The number of carbonyl (C=O) groups is 1. The van der Waals surface area contributed by atoms with Gasteiger partial charge in [0.05, 0.1) is 22.2 Å². The molecule has 0 aliphatic rings. The highest BCUT2D eigenvalue weighted by Crippen LogP contribution is 2.26. The Hall–Kier alpha value is -3.55. The van der Waals surface area contributed by atoms with Crippen molar-refractivity contribution in [1.82, 2.24) is 9.97 Å². The summed E-state index contributed by atoms with van der Waals surface area (Å²) in [7, 11) is 0. The standard InChI is InChI=1S/C17H13FN4O3/c1-10-9-19-16(20-10)13-4-2-3-5-15(13)21-17(23)12-7-6-11(22(24)25)8-14(12)18/h2-9H,1H3,(H,19,20)(H,21,23). The third-order valence-electron chi connectivity index (χ3n) is 3.54. The fourth-order valence-corrected chi connectivity index (χ4v) is 2.34. The molecule has 0 unspecified atom stereocenters. The Kier molecular flexibility index (Phi) is 4.25. The average Bonchev–Trinajstić information content (AvgIpc) is 3.01. The molecule has 25 heavy (non-hydrogen) atoms. The molecule has 0 aliphatic heterocycles. The zero-order chi connectivity index (χ0) is 18.0. The van der Waals surface area contributed by atoms with E-state index in [-0.39, 0.29) is 5.56 Å². The molecule has 0 fully saturated rings. The van der Waals surface area contributed by atoms with Gasteiger partial charge in [-0.25, -0.2) is 9.37 Å².